The van der Waals surface area contributed by atoms with Crippen LogP contribution in [0.15, 0.2) is 122 Å². The second kappa shape index (κ2) is 103. The van der Waals surface area contributed by atoms with Crippen molar-refractivity contribution in [1.82, 2.24) is 26.2 Å². The molecule has 0 aliphatic carbocycles. The molecule has 0 rings (SSSR count). The first-order valence-electron chi connectivity index (χ1n) is 35.9. The van der Waals surface area contributed by atoms with Gasteiger partial charge >= 0.3 is 36.0 Å². The van der Waals surface area contributed by atoms with Crippen molar-refractivity contribution in [2.24, 2.45) is 0 Å². The molecule has 0 saturated carbocycles. The Morgan fingerprint density at radius 2 is 0.871 bits per heavy atom. The monoisotopic (exact) mass is 1860 g/mol. The molecule has 0 heterocycles. The lowest BCUT2D eigenvalue weighted by atomic mass is 10.2. The fraction of sp³-hybridized carbons (Fsp3) is 0.529. The summed E-state index contributed by atoms with van der Waals surface area (Å²) in [6.45, 7) is 48.0. The molecule has 0 saturated heterocycles. The zero-order valence-electron chi connectivity index (χ0n) is 72.1. The van der Waals surface area contributed by atoms with Crippen molar-refractivity contribution < 1.29 is 135 Å². The number of thioether (sulfide) groups is 1. The molecule has 0 spiro atoms. The van der Waals surface area contributed by atoms with Crippen molar-refractivity contribution in [2.75, 3.05) is 160 Å². The van der Waals surface area contributed by atoms with E-state index in [-0.39, 0.29) is 103 Å². The number of Topliss-reactive ketones (excluding diaryl/α,β-unsaturated/α-hetero) is 3. The highest BCUT2D eigenvalue weighted by atomic mass is 35.5. The highest BCUT2D eigenvalue weighted by Crippen LogP contribution is 2.06. The Morgan fingerprint density at radius 3 is 1.29 bits per heavy atom. The molecule has 0 atom stereocenters. The van der Waals surface area contributed by atoms with Crippen LogP contribution in [0.3, 0.4) is 0 Å². The standard InChI is InChI=1S/C9H18N2O4Si.C9H17NO5Si.C8H14O4SSi.C8H16O4Si.C7H14O2Si.C6H11ClO2Si.2C6H13NO2Si.C6H12O2Si.C5H10O2Si/c1-7(2)8(12)15-5-4-10-9(13)11-6-16-14-3;1-7(2)8(11)14-4-5-15-9(12)10-6-16-13-3;1-3-7(9)12-5-4-8(10)13-6-14-11-2;1-7(2)8(9)12-5-4-11-6-13-10-3;1-4-9-10-5-7(8)6(2)3;1-5(7)6(8)3-4-10-9-2;1-5(2)6(8)7-4-10-9-3;1-4-6(8)7(2)5-10-9-3;1-5(2)6(7)4-9-8-3;1-3-5(6)4-8-7-2/h1,4-6,16H2,2-3H3,(H2,10,11,13);1,4-6,16H2,2-3H3,(H,10,12);3H,1,4-6,14H2,2H3;1,4-6,13H2,2-3H3;2,4-5,10H2,1,3H3;1,3-4,10H2,2H3;1,4,10H2,2-3H3,(H,7,8);4H,1,5,10H2,2-3H3;1,4,9H2,2-3H3;3H,1,4,8H2,2H3. The van der Waals surface area contributed by atoms with Crippen LogP contribution in [-0.2, 0) is 125 Å². The molecule has 5 amide bonds. The quantitative estimate of drug-likeness (QED) is 0.0184. The number of halogens is 1. The van der Waals surface area contributed by atoms with Gasteiger partial charge in [-0.3, -0.25) is 33.6 Å². The van der Waals surface area contributed by atoms with E-state index in [2.05, 4.69) is 91.8 Å². The van der Waals surface area contributed by atoms with Gasteiger partial charge in [-0.1, -0.05) is 89.2 Å². The Bertz CT molecular complexity index is 2710. The van der Waals surface area contributed by atoms with Gasteiger partial charge in [0.2, 0.25) is 11.8 Å². The third-order valence-corrected chi connectivity index (χ3v) is 23.6. The largest absolute Gasteiger partial charge is 0.462 e. The van der Waals surface area contributed by atoms with E-state index in [9.17, 15) is 62.3 Å². The van der Waals surface area contributed by atoms with Crippen LogP contribution >= 0.6 is 23.4 Å². The maximum absolute atomic E-state index is 11.1. The molecule has 4 N–H and O–H groups in total. The third-order valence-electron chi connectivity index (χ3n) is 11.7. The van der Waals surface area contributed by atoms with E-state index < -0.39 is 122 Å². The van der Waals surface area contributed by atoms with Crippen LogP contribution in [0.2, 0.25) is 24.2 Å². The molecule has 0 bridgehead atoms. The Kier molecular flexibility index (Phi) is 115. The van der Waals surface area contributed by atoms with Crippen molar-refractivity contribution in [1.29, 1.82) is 0 Å². The Balaban J connectivity index is -0.000000136. The summed E-state index contributed by atoms with van der Waals surface area (Å²) in [4.78, 5) is 142. The number of hydrogen-bond acceptors (Lipinski definition) is 30. The molecule has 46 heteroatoms. The van der Waals surface area contributed by atoms with E-state index in [1.165, 1.54) is 23.9 Å². The molecule has 670 valence electrons. The lowest BCUT2D eigenvalue weighted by molar-refractivity contribution is -0.140. The summed E-state index contributed by atoms with van der Waals surface area (Å²) in [6.07, 6.45) is 7.12. The van der Waals surface area contributed by atoms with Gasteiger partial charge in [0.05, 0.1) is 37.4 Å². The summed E-state index contributed by atoms with van der Waals surface area (Å²) in [5, 5.41) is 11.3. The number of nitrogens with one attached hydrogen (secondary N) is 4. The van der Waals surface area contributed by atoms with Gasteiger partial charge in [0.25, 0.3) is 0 Å². The molecular weight excluding hydrogens is 1720 g/mol. The maximum atomic E-state index is 11.1. The second-order valence-corrected chi connectivity index (χ2v) is 39.4. The number of likely N-dealkylation sites (N-methyl/N-ethyl adjacent to an activating group) is 1. The number of esters is 4. The SMILES string of the molecule is C=C(C)C(=O)C[SiH2]OC.C=C(C)C(=O)C[SiH2]OCC.C=C(C)C(=O)NC[SiH2]OC.C=C(C)C(=O)OCCNC(=O)NC[SiH2]OC.C=C(C)C(=O)OCCOC(=O)NC[SiH2]OC.C=C(C)C(=O)OCCOC[SiH2]OC.C=C(Cl)C(=O)CC[SiH2]OC.C=CC(=O)C[SiH2]OC.C=CC(=O)N(C)C[SiH2]OC.C=CC(=O)OCCC(=O)SC[SiH2]OC. The lowest BCUT2D eigenvalue weighted by Gasteiger charge is -2.12. The number of nitrogens with zero attached hydrogens (tertiary/aromatic N) is 1. The normalized spacial score (nSPS) is 10.3. The second-order valence-electron chi connectivity index (χ2n) is 22.3. The topological polar surface area (TPSA) is 421 Å². The minimum absolute atomic E-state index is 0.0272. The minimum Gasteiger partial charge on any atom is -0.462 e. The molecule has 0 radical (unpaired) electrons. The van der Waals surface area contributed by atoms with E-state index >= 15 is 0 Å². The van der Waals surface area contributed by atoms with Crippen molar-refractivity contribution in [3.63, 3.8) is 0 Å². The summed E-state index contributed by atoms with van der Waals surface area (Å²) < 4.78 is 77.8. The molecule has 0 aromatic rings. The number of carbonyl (C=O) groups is 13. The van der Waals surface area contributed by atoms with Crippen molar-refractivity contribution in [3.8, 4) is 0 Å². The fourth-order valence-electron chi connectivity index (χ4n) is 5.28. The van der Waals surface area contributed by atoms with Crippen LogP contribution in [0.5, 0.6) is 0 Å². The van der Waals surface area contributed by atoms with Crippen molar-refractivity contribution in [2.45, 2.75) is 85.5 Å². The van der Waals surface area contributed by atoms with E-state index in [4.69, 9.17) is 79.5 Å². The number of urea groups is 1. The van der Waals surface area contributed by atoms with Gasteiger partial charge < -0.3 is 98.8 Å². The lowest BCUT2D eigenvalue weighted by Crippen LogP contribution is -2.39. The number of carbonyl (C=O) groups excluding carboxylic acids is 13. The summed E-state index contributed by atoms with van der Waals surface area (Å²) in [5.41, 5.74) is 2.90. The third kappa shape index (κ3) is 118. The smallest absolute Gasteiger partial charge is 0.407 e. The summed E-state index contributed by atoms with van der Waals surface area (Å²) >= 11 is 6.58. The number of rotatable bonds is 54. The minimum atomic E-state index is -0.682. The molecule has 0 aliphatic rings. The molecule has 116 heavy (non-hydrogen) atoms. The molecule has 0 aromatic heterocycles. The molecule has 0 aromatic carbocycles. The first-order chi connectivity index (χ1) is 54.8. The summed E-state index contributed by atoms with van der Waals surface area (Å²) in [5.74, 6) is -1.59. The van der Waals surface area contributed by atoms with Gasteiger partial charge in [-0.25, -0.2) is 28.8 Å². The first kappa shape index (κ1) is 130. The van der Waals surface area contributed by atoms with Crippen molar-refractivity contribution in [3.05, 3.63) is 122 Å². The number of hydrogen-bond donors (Lipinski definition) is 4. The molecule has 0 unspecified atom stereocenters. The van der Waals surface area contributed by atoms with E-state index in [1.54, 1.807) is 117 Å². The van der Waals surface area contributed by atoms with E-state index in [1.807, 2.05) is 6.92 Å². The average Bonchev–Trinajstić information content (AvgIpc) is 1.04. The van der Waals surface area contributed by atoms with Crippen LogP contribution in [0.25, 0.3) is 0 Å². The highest BCUT2D eigenvalue weighted by Gasteiger charge is 2.10. The molecule has 34 nitrogen and oxygen atoms in total. The van der Waals surface area contributed by atoms with Gasteiger partial charge in [-0.2, -0.15) is 0 Å². The summed E-state index contributed by atoms with van der Waals surface area (Å²) in [7, 11) is 10.9. The average molecular weight is 1860 g/mol. The number of ether oxygens (including phenoxy) is 6. The van der Waals surface area contributed by atoms with Gasteiger partial charge in [0, 0.05) is 161 Å². The first-order valence-corrected chi connectivity index (χ1v) is 53.1. The van der Waals surface area contributed by atoms with Gasteiger partial charge in [-0.15, -0.1) is 0 Å². The molecule has 0 aliphatic heterocycles. The Morgan fingerprint density at radius 1 is 0.431 bits per heavy atom. The van der Waals surface area contributed by atoms with Crippen LogP contribution in [-0.4, -0.2) is 339 Å². The van der Waals surface area contributed by atoms with Gasteiger partial charge in [-0.05, 0) is 77.8 Å². The Hall–Kier alpha value is -6.52. The van der Waals surface area contributed by atoms with E-state index in [0.717, 1.165) is 30.3 Å². The van der Waals surface area contributed by atoms with Crippen LogP contribution < -0.4 is 21.3 Å². The van der Waals surface area contributed by atoms with Crippen LogP contribution in [0.1, 0.15) is 61.3 Å². The van der Waals surface area contributed by atoms with Crippen molar-refractivity contribution >= 4 is 197 Å². The Labute approximate surface area is 721 Å². The van der Waals surface area contributed by atoms with Crippen LogP contribution in [0, 0.1) is 0 Å². The number of amides is 5. The predicted molar refractivity (Wildman–Crippen MR) is 487 cm³/mol. The van der Waals surface area contributed by atoms with E-state index in [0.29, 0.717) is 89.3 Å². The van der Waals surface area contributed by atoms with Gasteiger partial charge in [0.15, 0.2) is 126 Å². The number of ketones is 4. The number of alkyl carbamates (subject to hydrolysis) is 1. The fourth-order valence-corrected chi connectivity index (χ4v) is 13.5. The zero-order valence-corrected chi connectivity index (χ0v) is 87.8. The summed E-state index contributed by atoms with van der Waals surface area (Å²) in [6, 6.07) is 2.34. The van der Waals surface area contributed by atoms with Gasteiger partial charge in [0.1, 0.15) is 26.4 Å². The predicted octanol–water partition coefficient (Wildman–Crippen LogP) is -1.15. The maximum Gasteiger partial charge on any atom is 0.407 e. The molecule has 0 fully saturated rings. The number of allylic oxidation sites excluding steroid dienone is 4. The zero-order chi connectivity index (χ0) is 91.3. The molecular formula is C70H138ClN5O29SSi10. The van der Waals surface area contributed by atoms with Crippen LogP contribution in [0.4, 0.5) is 9.59 Å². The highest BCUT2D eigenvalue weighted by molar-refractivity contribution is 8.14.